The van der Waals surface area contributed by atoms with Crippen LogP contribution in [-0.4, -0.2) is 29.8 Å². The molecule has 0 aliphatic carbocycles. The SMILES string of the molecule is CCNC(=O)C1=NCC(c2cc(C(C)C)c(O)cc2C)=C1N. The van der Waals surface area contributed by atoms with Gasteiger partial charge in [0.2, 0.25) is 0 Å². The van der Waals surface area contributed by atoms with Crippen LogP contribution in [0.25, 0.3) is 5.57 Å². The highest BCUT2D eigenvalue weighted by Gasteiger charge is 2.25. The smallest absolute Gasteiger partial charge is 0.271 e. The van der Waals surface area contributed by atoms with Gasteiger partial charge in [-0.2, -0.15) is 0 Å². The van der Waals surface area contributed by atoms with Gasteiger partial charge in [0.25, 0.3) is 5.91 Å². The number of amides is 1. The molecule has 1 aliphatic heterocycles. The van der Waals surface area contributed by atoms with Crippen molar-refractivity contribution in [1.82, 2.24) is 5.32 Å². The second kappa shape index (κ2) is 6.22. The maximum absolute atomic E-state index is 12.0. The van der Waals surface area contributed by atoms with Crippen LogP contribution in [0.2, 0.25) is 0 Å². The molecule has 1 heterocycles. The van der Waals surface area contributed by atoms with Crippen LogP contribution in [0, 0.1) is 6.92 Å². The van der Waals surface area contributed by atoms with Crippen molar-refractivity contribution in [3.05, 3.63) is 34.5 Å². The molecule has 0 saturated carbocycles. The lowest BCUT2D eigenvalue weighted by Crippen LogP contribution is -2.33. The summed E-state index contributed by atoms with van der Waals surface area (Å²) in [6.45, 7) is 8.75. The molecule has 1 amide bonds. The van der Waals surface area contributed by atoms with Gasteiger partial charge < -0.3 is 16.2 Å². The summed E-state index contributed by atoms with van der Waals surface area (Å²) >= 11 is 0. The van der Waals surface area contributed by atoms with Gasteiger partial charge in [-0.15, -0.1) is 0 Å². The minimum atomic E-state index is -0.240. The van der Waals surface area contributed by atoms with Crippen molar-refractivity contribution in [1.29, 1.82) is 0 Å². The molecular weight excluding hydrogens is 278 g/mol. The summed E-state index contributed by atoms with van der Waals surface area (Å²) in [6, 6.07) is 3.70. The van der Waals surface area contributed by atoms with Crippen LogP contribution in [0.15, 0.2) is 22.8 Å². The lowest BCUT2D eigenvalue weighted by molar-refractivity contribution is -0.114. The third-order valence-corrected chi connectivity index (χ3v) is 3.85. The van der Waals surface area contributed by atoms with E-state index in [-0.39, 0.29) is 11.8 Å². The molecule has 22 heavy (non-hydrogen) atoms. The van der Waals surface area contributed by atoms with Crippen LogP contribution < -0.4 is 11.1 Å². The number of carbonyl (C=O) groups excluding carboxylic acids is 1. The van der Waals surface area contributed by atoms with Crippen molar-refractivity contribution >= 4 is 17.2 Å². The maximum atomic E-state index is 12.0. The minimum absolute atomic E-state index is 0.200. The van der Waals surface area contributed by atoms with Crippen LogP contribution in [0.3, 0.4) is 0 Å². The average Bonchev–Trinajstić information content (AvgIpc) is 2.80. The Kier molecular flexibility index (Phi) is 4.54. The lowest BCUT2D eigenvalue weighted by Gasteiger charge is -2.15. The number of rotatable bonds is 4. The van der Waals surface area contributed by atoms with E-state index in [1.165, 1.54) is 0 Å². The molecule has 1 aliphatic rings. The number of carbonyl (C=O) groups is 1. The summed E-state index contributed by atoms with van der Waals surface area (Å²) in [5.41, 5.74) is 10.5. The topological polar surface area (TPSA) is 87.7 Å². The zero-order valence-corrected chi connectivity index (χ0v) is 13.5. The fraction of sp³-hybridized carbons (Fsp3) is 0.412. The molecule has 0 saturated heterocycles. The summed E-state index contributed by atoms with van der Waals surface area (Å²) in [4.78, 5) is 16.2. The van der Waals surface area contributed by atoms with Gasteiger partial charge in [-0.1, -0.05) is 13.8 Å². The second-order valence-corrected chi connectivity index (χ2v) is 5.80. The van der Waals surface area contributed by atoms with E-state index in [9.17, 15) is 9.90 Å². The predicted molar refractivity (Wildman–Crippen MR) is 89.0 cm³/mol. The van der Waals surface area contributed by atoms with E-state index >= 15 is 0 Å². The number of benzene rings is 1. The van der Waals surface area contributed by atoms with E-state index in [0.717, 1.165) is 22.3 Å². The van der Waals surface area contributed by atoms with Crippen molar-refractivity contribution in [3.8, 4) is 5.75 Å². The van der Waals surface area contributed by atoms with Crippen molar-refractivity contribution in [2.45, 2.75) is 33.6 Å². The van der Waals surface area contributed by atoms with E-state index in [0.29, 0.717) is 30.2 Å². The van der Waals surface area contributed by atoms with E-state index in [2.05, 4.69) is 10.3 Å². The third-order valence-electron chi connectivity index (χ3n) is 3.85. The molecular formula is C17H23N3O2. The van der Waals surface area contributed by atoms with E-state index in [4.69, 9.17) is 5.73 Å². The molecule has 0 radical (unpaired) electrons. The van der Waals surface area contributed by atoms with Crippen LogP contribution in [0.4, 0.5) is 0 Å². The summed E-state index contributed by atoms with van der Waals surface area (Å²) in [5, 5.41) is 12.8. The van der Waals surface area contributed by atoms with E-state index in [1.54, 1.807) is 6.07 Å². The standard InChI is InChI=1S/C17H23N3O2/c1-5-19-17(22)16-15(18)13(8-20-16)12-7-11(9(2)3)14(21)6-10(12)4/h6-7,9,21H,5,8,18H2,1-4H3,(H,19,22). The largest absolute Gasteiger partial charge is 0.508 e. The van der Waals surface area contributed by atoms with Gasteiger partial charge in [-0.25, -0.2) is 0 Å². The van der Waals surface area contributed by atoms with Gasteiger partial charge in [0.15, 0.2) is 0 Å². The first-order valence-electron chi connectivity index (χ1n) is 7.52. The monoisotopic (exact) mass is 301 g/mol. The third kappa shape index (κ3) is 2.84. The highest BCUT2D eigenvalue weighted by molar-refractivity contribution is 6.47. The van der Waals surface area contributed by atoms with Crippen LogP contribution in [0.1, 0.15) is 43.4 Å². The van der Waals surface area contributed by atoms with E-state index in [1.807, 2.05) is 33.8 Å². The summed E-state index contributed by atoms with van der Waals surface area (Å²) in [6.07, 6.45) is 0. The maximum Gasteiger partial charge on any atom is 0.271 e. The molecule has 2 rings (SSSR count). The van der Waals surface area contributed by atoms with Crippen LogP contribution in [-0.2, 0) is 4.79 Å². The van der Waals surface area contributed by atoms with Gasteiger partial charge in [-0.05, 0) is 48.6 Å². The number of phenolic OH excluding ortho intramolecular Hbond substituents is 1. The van der Waals surface area contributed by atoms with Gasteiger partial charge in [0.1, 0.15) is 11.5 Å². The number of nitrogens with two attached hydrogens (primary N) is 1. The van der Waals surface area contributed by atoms with Crippen LogP contribution >= 0.6 is 0 Å². The zero-order valence-electron chi connectivity index (χ0n) is 13.5. The Morgan fingerprint density at radius 1 is 1.45 bits per heavy atom. The van der Waals surface area contributed by atoms with Crippen LogP contribution in [0.5, 0.6) is 5.75 Å². The van der Waals surface area contributed by atoms with Crippen molar-refractivity contribution in [3.63, 3.8) is 0 Å². The summed E-state index contributed by atoms with van der Waals surface area (Å²) in [7, 11) is 0. The molecule has 0 aromatic heterocycles. The summed E-state index contributed by atoms with van der Waals surface area (Å²) < 4.78 is 0. The Hall–Kier alpha value is -2.30. The number of phenols is 1. The predicted octanol–water partition coefficient (Wildman–Crippen LogP) is 2.08. The molecule has 4 N–H and O–H groups in total. The van der Waals surface area contributed by atoms with Crippen molar-refractivity contribution in [2.75, 3.05) is 13.1 Å². The number of aryl methyl sites for hydroxylation is 1. The number of aliphatic imine (C=N–C) groups is 1. The van der Waals surface area contributed by atoms with Gasteiger partial charge in [0.05, 0.1) is 12.2 Å². The molecule has 0 bridgehead atoms. The fourth-order valence-electron chi connectivity index (χ4n) is 2.64. The zero-order chi connectivity index (χ0) is 16.4. The lowest BCUT2D eigenvalue weighted by atomic mass is 9.92. The first kappa shape index (κ1) is 16.1. The van der Waals surface area contributed by atoms with Gasteiger partial charge in [-0.3, -0.25) is 9.79 Å². The minimum Gasteiger partial charge on any atom is -0.508 e. The number of nitrogens with zero attached hydrogens (tertiary/aromatic N) is 1. The Morgan fingerprint density at radius 2 is 2.14 bits per heavy atom. The Labute approximate surface area is 130 Å². The molecule has 0 fully saturated rings. The first-order chi connectivity index (χ1) is 10.4. The Bertz CT molecular complexity index is 673. The fourth-order valence-corrected chi connectivity index (χ4v) is 2.64. The summed E-state index contributed by atoms with van der Waals surface area (Å²) in [5.74, 6) is 0.250. The molecule has 0 atom stereocenters. The highest BCUT2D eigenvalue weighted by atomic mass is 16.3. The normalized spacial score (nSPS) is 14.5. The quantitative estimate of drug-likeness (QED) is 0.795. The molecule has 0 unspecified atom stereocenters. The Balaban J connectivity index is 2.45. The molecule has 0 spiro atoms. The first-order valence-corrected chi connectivity index (χ1v) is 7.52. The number of hydrogen-bond donors (Lipinski definition) is 3. The number of hydrogen-bond acceptors (Lipinski definition) is 4. The van der Waals surface area contributed by atoms with Crippen molar-refractivity contribution in [2.24, 2.45) is 10.7 Å². The van der Waals surface area contributed by atoms with Gasteiger partial charge >= 0.3 is 0 Å². The number of aromatic hydroxyl groups is 1. The molecule has 5 heteroatoms. The average molecular weight is 301 g/mol. The second-order valence-electron chi connectivity index (χ2n) is 5.80. The van der Waals surface area contributed by atoms with Gasteiger partial charge in [0, 0.05) is 12.1 Å². The Morgan fingerprint density at radius 3 is 2.73 bits per heavy atom. The van der Waals surface area contributed by atoms with Crippen molar-refractivity contribution < 1.29 is 9.90 Å². The number of nitrogens with one attached hydrogen (secondary N) is 1. The molecule has 118 valence electrons. The molecule has 1 aromatic rings. The van der Waals surface area contributed by atoms with E-state index < -0.39 is 0 Å². The highest BCUT2D eigenvalue weighted by Crippen LogP contribution is 2.33. The molecule has 5 nitrogen and oxygen atoms in total. The molecule has 1 aromatic carbocycles.